The molecule has 2 amide bonds. The van der Waals surface area contributed by atoms with Gasteiger partial charge >= 0.3 is 5.97 Å². The molecule has 0 saturated carbocycles. The second-order valence-electron chi connectivity index (χ2n) is 5.32. The van der Waals surface area contributed by atoms with Crippen LogP contribution in [0.15, 0.2) is 28.8 Å². The molecule has 2 N–H and O–H groups in total. The summed E-state index contributed by atoms with van der Waals surface area (Å²) in [7, 11) is 0. The SMILES string of the molecule is CCC1=C(C(=O)O)N2C(=O)C(NC(=O)Cc3cccs3)[C@H]2SC1. The molecule has 1 fully saturated rings. The number of thiophene rings is 1. The van der Waals surface area contributed by atoms with Gasteiger partial charge in [0.2, 0.25) is 5.91 Å². The number of aliphatic carboxylic acids is 1. The second-order valence-corrected chi connectivity index (χ2v) is 7.46. The van der Waals surface area contributed by atoms with Crippen LogP contribution in [-0.2, 0) is 20.8 Å². The van der Waals surface area contributed by atoms with Gasteiger partial charge in [-0.25, -0.2) is 4.79 Å². The van der Waals surface area contributed by atoms with Crippen LogP contribution in [-0.4, -0.2) is 45.0 Å². The number of carboxylic acids is 1. The first-order valence-electron chi connectivity index (χ1n) is 7.24. The van der Waals surface area contributed by atoms with Crippen molar-refractivity contribution in [3.63, 3.8) is 0 Å². The smallest absolute Gasteiger partial charge is 0.352 e. The zero-order valence-corrected chi connectivity index (χ0v) is 14.1. The van der Waals surface area contributed by atoms with Gasteiger partial charge in [0.15, 0.2) is 0 Å². The highest BCUT2D eigenvalue weighted by atomic mass is 32.2. The van der Waals surface area contributed by atoms with Crippen LogP contribution in [0.2, 0.25) is 0 Å². The van der Waals surface area contributed by atoms with Crippen LogP contribution >= 0.6 is 23.1 Å². The number of amides is 2. The quantitative estimate of drug-likeness (QED) is 0.783. The third-order valence-corrected chi connectivity index (χ3v) is 6.12. The zero-order valence-electron chi connectivity index (χ0n) is 12.4. The van der Waals surface area contributed by atoms with Gasteiger partial charge in [-0.3, -0.25) is 14.5 Å². The van der Waals surface area contributed by atoms with Crippen molar-refractivity contribution in [3.05, 3.63) is 33.7 Å². The number of β-lactam (4-membered cyclic amide) rings is 1. The summed E-state index contributed by atoms with van der Waals surface area (Å²) in [6, 6.07) is 3.10. The van der Waals surface area contributed by atoms with Crippen molar-refractivity contribution in [2.45, 2.75) is 31.2 Å². The van der Waals surface area contributed by atoms with Gasteiger partial charge in [-0.15, -0.1) is 23.1 Å². The van der Waals surface area contributed by atoms with E-state index < -0.39 is 12.0 Å². The van der Waals surface area contributed by atoms with Gasteiger partial charge in [-0.1, -0.05) is 13.0 Å². The average Bonchev–Trinajstić information content (AvgIpc) is 3.03. The number of hydrogen-bond donors (Lipinski definition) is 2. The van der Waals surface area contributed by atoms with E-state index in [1.54, 1.807) is 0 Å². The highest BCUT2D eigenvalue weighted by Crippen LogP contribution is 2.41. The Labute approximate surface area is 141 Å². The van der Waals surface area contributed by atoms with Crippen LogP contribution in [0.25, 0.3) is 0 Å². The molecule has 0 spiro atoms. The molecule has 3 rings (SSSR count). The standard InChI is InChI=1S/C15H16N2O4S2/c1-2-8-7-23-14-11(13(19)17(14)12(8)15(20)21)16-10(18)6-9-4-3-5-22-9/h3-5,11,14H,2,6-7H2,1H3,(H,16,18)(H,20,21)/t11?,14-/m1/s1. The molecule has 0 bridgehead atoms. The number of rotatable bonds is 5. The molecule has 0 aliphatic carbocycles. The monoisotopic (exact) mass is 352 g/mol. The first-order chi connectivity index (χ1) is 11.0. The van der Waals surface area contributed by atoms with E-state index in [4.69, 9.17) is 0 Å². The van der Waals surface area contributed by atoms with Gasteiger partial charge in [-0.05, 0) is 23.4 Å². The summed E-state index contributed by atoms with van der Waals surface area (Å²) in [5.74, 6) is -1.06. The lowest BCUT2D eigenvalue weighted by atomic mass is 10.0. The minimum Gasteiger partial charge on any atom is -0.477 e. The molecule has 3 heterocycles. The summed E-state index contributed by atoms with van der Waals surface area (Å²) in [5, 5.41) is 13.7. The first-order valence-corrected chi connectivity index (χ1v) is 9.17. The minimum atomic E-state index is -1.08. The number of nitrogens with zero attached hydrogens (tertiary/aromatic N) is 1. The van der Waals surface area contributed by atoms with Crippen LogP contribution in [0.3, 0.4) is 0 Å². The van der Waals surface area contributed by atoms with Crippen molar-refractivity contribution < 1.29 is 19.5 Å². The number of thioether (sulfide) groups is 1. The summed E-state index contributed by atoms with van der Waals surface area (Å²) in [5.41, 5.74) is 0.848. The van der Waals surface area contributed by atoms with Crippen molar-refractivity contribution in [3.8, 4) is 0 Å². The Balaban J connectivity index is 1.69. The van der Waals surface area contributed by atoms with E-state index in [9.17, 15) is 19.5 Å². The van der Waals surface area contributed by atoms with E-state index in [1.165, 1.54) is 28.0 Å². The lowest BCUT2D eigenvalue weighted by Crippen LogP contribution is -2.70. The Bertz CT molecular complexity index is 684. The highest BCUT2D eigenvalue weighted by Gasteiger charge is 2.53. The van der Waals surface area contributed by atoms with Gasteiger partial charge in [0.25, 0.3) is 5.91 Å². The lowest BCUT2D eigenvalue weighted by molar-refractivity contribution is -0.150. The molecule has 1 aromatic rings. The van der Waals surface area contributed by atoms with Crippen LogP contribution in [0.4, 0.5) is 0 Å². The molecule has 1 unspecified atom stereocenters. The molecule has 23 heavy (non-hydrogen) atoms. The van der Waals surface area contributed by atoms with Gasteiger partial charge in [0, 0.05) is 10.6 Å². The Morgan fingerprint density at radius 2 is 2.26 bits per heavy atom. The maximum atomic E-state index is 12.3. The molecule has 1 saturated heterocycles. The Kier molecular flexibility index (Phi) is 4.45. The van der Waals surface area contributed by atoms with Crippen molar-refractivity contribution in [2.75, 3.05) is 5.75 Å². The maximum absolute atomic E-state index is 12.3. The molecular formula is C15H16N2O4S2. The van der Waals surface area contributed by atoms with Crippen LogP contribution in [0, 0.1) is 0 Å². The molecule has 122 valence electrons. The van der Waals surface area contributed by atoms with Crippen molar-refractivity contribution >= 4 is 40.9 Å². The minimum absolute atomic E-state index is 0.0880. The third kappa shape index (κ3) is 2.88. The van der Waals surface area contributed by atoms with Crippen LogP contribution in [0.1, 0.15) is 18.2 Å². The Hall–Kier alpha value is -1.80. The van der Waals surface area contributed by atoms with E-state index in [1.807, 2.05) is 24.4 Å². The fourth-order valence-corrected chi connectivity index (χ4v) is 4.90. The van der Waals surface area contributed by atoms with Crippen LogP contribution in [0.5, 0.6) is 0 Å². The number of fused-ring (bicyclic) bond motifs is 1. The maximum Gasteiger partial charge on any atom is 0.352 e. The lowest BCUT2D eigenvalue weighted by Gasteiger charge is -2.49. The van der Waals surface area contributed by atoms with Gasteiger partial charge in [0.1, 0.15) is 17.1 Å². The topological polar surface area (TPSA) is 86.7 Å². The number of nitrogens with one attached hydrogen (secondary N) is 1. The fraction of sp³-hybridized carbons (Fsp3) is 0.400. The summed E-state index contributed by atoms with van der Waals surface area (Å²) in [6.45, 7) is 1.88. The third-order valence-electron chi connectivity index (χ3n) is 3.91. The average molecular weight is 352 g/mol. The number of carbonyl (C=O) groups excluding carboxylic acids is 2. The van der Waals surface area contributed by atoms with Gasteiger partial charge in [0.05, 0.1) is 6.42 Å². The van der Waals surface area contributed by atoms with Crippen molar-refractivity contribution in [1.29, 1.82) is 0 Å². The molecule has 1 aromatic heterocycles. The second kappa shape index (κ2) is 6.37. The summed E-state index contributed by atoms with van der Waals surface area (Å²) >= 11 is 2.99. The normalized spacial score (nSPS) is 23.3. The van der Waals surface area contributed by atoms with E-state index in [2.05, 4.69) is 5.32 Å². The molecule has 8 heteroatoms. The summed E-state index contributed by atoms with van der Waals surface area (Å²) in [4.78, 5) is 38.1. The van der Waals surface area contributed by atoms with Gasteiger partial charge in [-0.2, -0.15) is 0 Å². The fourth-order valence-electron chi connectivity index (χ4n) is 2.75. The Morgan fingerprint density at radius 3 is 2.87 bits per heavy atom. The molecule has 0 radical (unpaired) electrons. The number of carbonyl (C=O) groups is 3. The van der Waals surface area contributed by atoms with Gasteiger partial charge < -0.3 is 10.4 Å². The largest absolute Gasteiger partial charge is 0.477 e. The Morgan fingerprint density at radius 1 is 1.48 bits per heavy atom. The summed E-state index contributed by atoms with van der Waals surface area (Å²) < 4.78 is 0. The first kappa shape index (κ1) is 16.1. The number of carboxylic acid groups (broad SMARTS) is 1. The van der Waals surface area contributed by atoms with Crippen molar-refractivity contribution in [1.82, 2.24) is 10.2 Å². The summed E-state index contributed by atoms with van der Waals surface area (Å²) in [6.07, 6.45) is 0.835. The molecule has 2 atom stereocenters. The van der Waals surface area contributed by atoms with E-state index >= 15 is 0 Å². The zero-order chi connectivity index (χ0) is 16.6. The number of hydrogen-bond acceptors (Lipinski definition) is 5. The molecule has 2 aliphatic heterocycles. The van der Waals surface area contributed by atoms with Crippen LogP contribution < -0.4 is 5.32 Å². The molecule has 0 aromatic carbocycles. The predicted molar refractivity (Wildman–Crippen MR) is 88.0 cm³/mol. The van der Waals surface area contributed by atoms with Crippen molar-refractivity contribution in [2.24, 2.45) is 0 Å². The molecule has 2 aliphatic rings. The van der Waals surface area contributed by atoms with E-state index in [0.29, 0.717) is 12.2 Å². The highest BCUT2D eigenvalue weighted by molar-refractivity contribution is 8.00. The van der Waals surface area contributed by atoms with E-state index in [-0.39, 0.29) is 29.3 Å². The molecule has 6 nitrogen and oxygen atoms in total. The molecular weight excluding hydrogens is 336 g/mol. The van der Waals surface area contributed by atoms with E-state index in [0.717, 1.165) is 10.5 Å². The predicted octanol–water partition coefficient (Wildman–Crippen LogP) is 1.44.